The second-order valence-corrected chi connectivity index (χ2v) is 6.55. The van der Waals surface area contributed by atoms with E-state index < -0.39 is 42.0 Å². The predicted molar refractivity (Wildman–Crippen MR) is 86.4 cm³/mol. The van der Waals surface area contributed by atoms with Crippen molar-refractivity contribution in [1.29, 1.82) is 0 Å². The summed E-state index contributed by atoms with van der Waals surface area (Å²) in [6.07, 6.45) is -0.914. The Balaban J connectivity index is 1.84. The van der Waals surface area contributed by atoms with Crippen molar-refractivity contribution in [2.24, 2.45) is 0 Å². The van der Waals surface area contributed by atoms with Crippen molar-refractivity contribution in [3.05, 3.63) is 34.9 Å². The molecule has 2 N–H and O–H groups in total. The van der Waals surface area contributed by atoms with E-state index in [-0.39, 0.29) is 18.0 Å². The molecule has 3 heterocycles. The molecule has 1 aromatic rings. The third kappa shape index (κ3) is 3.44. The first kappa shape index (κ1) is 17.6. The van der Waals surface area contributed by atoms with Gasteiger partial charge in [0.25, 0.3) is 0 Å². The molecule has 2 fully saturated rings. The van der Waals surface area contributed by atoms with E-state index in [2.05, 4.69) is 11.6 Å². The standard InChI is InChI=1S/C16H21N3O6/c1-8(2)14(20)22-7-9-11-12(25-16(3,4)24-11)13(23-9)19-6-5-10(17)18-15(19)21/h5-6,9,11-13H,1,7H2,2-4H3,(H2,17,18,21)/t9-,11-,12-,13-/m1/s1. The van der Waals surface area contributed by atoms with Crippen LogP contribution in [0.1, 0.15) is 27.0 Å². The number of carbonyl (C=O) groups is 1. The van der Waals surface area contributed by atoms with Crippen LogP contribution in [0.15, 0.2) is 29.2 Å². The van der Waals surface area contributed by atoms with Crippen molar-refractivity contribution in [3.63, 3.8) is 0 Å². The minimum Gasteiger partial charge on any atom is -0.459 e. The summed E-state index contributed by atoms with van der Waals surface area (Å²) in [6.45, 7) is 8.58. The van der Waals surface area contributed by atoms with E-state index in [9.17, 15) is 9.59 Å². The van der Waals surface area contributed by atoms with E-state index in [1.54, 1.807) is 20.8 Å². The molecule has 0 saturated carbocycles. The Labute approximate surface area is 144 Å². The number of carbonyl (C=O) groups excluding carboxylic acids is 1. The van der Waals surface area contributed by atoms with Crippen molar-refractivity contribution >= 4 is 11.8 Å². The predicted octanol–water partition coefficient (Wildman–Crippen LogP) is 0.362. The summed E-state index contributed by atoms with van der Waals surface area (Å²) in [7, 11) is 0. The van der Waals surface area contributed by atoms with Gasteiger partial charge in [-0.1, -0.05) is 6.58 Å². The molecule has 0 aromatic carbocycles. The first-order chi connectivity index (χ1) is 11.7. The molecule has 3 rings (SSSR count). The highest BCUT2D eigenvalue weighted by Crippen LogP contribution is 2.42. The number of aromatic nitrogens is 2. The molecule has 2 saturated heterocycles. The van der Waals surface area contributed by atoms with Gasteiger partial charge >= 0.3 is 11.7 Å². The number of esters is 1. The van der Waals surface area contributed by atoms with Crippen LogP contribution in [0.5, 0.6) is 0 Å². The second-order valence-electron chi connectivity index (χ2n) is 6.55. The van der Waals surface area contributed by atoms with Gasteiger partial charge in [-0.15, -0.1) is 0 Å². The molecule has 4 atom stereocenters. The minimum absolute atomic E-state index is 0.0417. The first-order valence-electron chi connectivity index (χ1n) is 7.86. The second kappa shape index (κ2) is 6.25. The molecule has 0 unspecified atom stereocenters. The van der Waals surface area contributed by atoms with E-state index in [0.717, 1.165) is 0 Å². The van der Waals surface area contributed by atoms with Crippen LogP contribution in [0.3, 0.4) is 0 Å². The lowest BCUT2D eigenvalue weighted by atomic mass is 10.1. The average molecular weight is 351 g/mol. The van der Waals surface area contributed by atoms with E-state index in [0.29, 0.717) is 0 Å². The Kier molecular flexibility index (Phi) is 4.40. The molecule has 0 amide bonds. The van der Waals surface area contributed by atoms with Crippen molar-refractivity contribution in [1.82, 2.24) is 9.55 Å². The Morgan fingerprint density at radius 1 is 1.44 bits per heavy atom. The van der Waals surface area contributed by atoms with E-state index in [1.165, 1.54) is 16.8 Å². The summed E-state index contributed by atoms with van der Waals surface area (Å²) in [5.41, 5.74) is 5.25. The molecule has 1 aromatic heterocycles. The van der Waals surface area contributed by atoms with Crippen molar-refractivity contribution in [3.8, 4) is 0 Å². The first-order valence-corrected chi connectivity index (χ1v) is 7.86. The van der Waals surface area contributed by atoms with Crippen LogP contribution in [-0.2, 0) is 23.7 Å². The highest BCUT2D eigenvalue weighted by atomic mass is 16.8. The minimum atomic E-state index is -0.848. The highest BCUT2D eigenvalue weighted by molar-refractivity contribution is 5.86. The zero-order valence-corrected chi connectivity index (χ0v) is 14.3. The average Bonchev–Trinajstić information content (AvgIpc) is 2.98. The van der Waals surface area contributed by atoms with Gasteiger partial charge in [0.2, 0.25) is 0 Å². The van der Waals surface area contributed by atoms with E-state index in [4.69, 9.17) is 24.7 Å². The number of rotatable bonds is 4. The number of anilines is 1. The van der Waals surface area contributed by atoms with Gasteiger partial charge in [-0.05, 0) is 26.8 Å². The molecule has 0 bridgehead atoms. The summed E-state index contributed by atoms with van der Waals surface area (Å²) in [6, 6.07) is 1.50. The Morgan fingerprint density at radius 2 is 2.12 bits per heavy atom. The number of nitrogens with zero attached hydrogens (tertiary/aromatic N) is 2. The number of fused-ring (bicyclic) bond motifs is 1. The monoisotopic (exact) mass is 351 g/mol. The third-order valence-electron chi connectivity index (χ3n) is 3.98. The topological polar surface area (TPSA) is 115 Å². The largest absolute Gasteiger partial charge is 0.459 e. The maximum atomic E-state index is 12.1. The Morgan fingerprint density at radius 3 is 2.76 bits per heavy atom. The van der Waals surface area contributed by atoms with Gasteiger partial charge in [-0.2, -0.15) is 4.98 Å². The van der Waals surface area contributed by atoms with E-state index >= 15 is 0 Å². The van der Waals surface area contributed by atoms with Gasteiger partial charge in [0.15, 0.2) is 12.0 Å². The van der Waals surface area contributed by atoms with Crippen molar-refractivity contribution < 1.29 is 23.7 Å². The molecule has 136 valence electrons. The number of hydrogen-bond acceptors (Lipinski definition) is 8. The zero-order valence-electron chi connectivity index (χ0n) is 14.3. The maximum absolute atomic E-state index is 12.1. The fourth-order valence-corrected chi connectivity index (χ4v) is 2.92. The molecule has 0 aliphatic carbocycles. The quantitative estimate of drug-likeness (QED) is 0.611. The van der Waals surface area contributed by atoms with Crippen LogP contribution < -0.4 is 11.4 Å². The molecule has 9 nitrogen and oxygen atoms in total. The molecular weight excluding hydrogens is 330 g/mol. The lowest BCUT2D eigenvalue weighted by Crippen LogP contribution is -2.35. The molecule has 25 heavy (non-hydrogen) atoms. The van der Waals surface area contributed by atoms with Crippen LogP contribution in [0.25, 0.3) is 0 Å². The lowest BCUT2D eigenvalue weighted by molar-refractivity contribution is -0.202. The van der Waals surface area contributed by atoms with Gasteiger partial charge in [0, 0.05) is 11.8 Å². The van der Waals surface area contributed by atoms with Crippen molar-refractivity contribution in [2.45, 2.75) is 51.1 Å². The number of nitrogen functional groups attached to an aromatic ring is 1. The Hall–Kier alpha value is -2.23. The van der Waals surface area contributed by atoms with Crippen LogP contribution in [-0.4, -0.2) is 46.2 Å². The normalized spacial score (nSPS) is 30.0. The SMILES string of the molecule is C=C(C)C(=O)OC[C@H]1O[C@@H](n2ccc(N)nc2=O)[C@@H]2OC(C)(C)O[C@@H]21. The van der Waals surface area contributed by atoms with Crippen molar-refractivity contribution in [2.75, 3.05) is 12.3 Å². The van der Waals surface area contributed by atoms with E-state index in [1.807, 2.05) is 0 Å². The maximum Gasteiger partial charge on any atom is 0.351 e. The molecule has 0 radical (unpaired) electrons. The summed E-state index contributed by atoms with van der Waals surface area (Å²) in [5.74, 6) is -1.25. The molecule has 2 aliphatic rings. The molecule has 0 spiro atoms. The third-order valence-corrected chi connectivity index (χ3v) is 3.98. The van der Waals surface area contributed by atoms with Gasteiger partial charge < -0.3 is 24.7 Å². The Bertz CT molecular complexity index is 758. The van der Waals surface area contributed by atoms with Crippen LogP contribution in [0.2, 0.25) is 0 Å². The molecule has 2 aliphatic heterocycles. The summed E-state index contributed by atoms with van der Waals surface area (Å²) in [4.78, 5) is 27.5. The molecule has 9 heteroatoms. The van der Waals surface area contributed by atoms with Crippen LogP contribution in [0, 0.1) is 0 Å². The van der Waals surface area contributed by atoms with Crippen LogP contribution in [0.4, 0.5) is 5.82 Å². The summed E-state index contributed by atoms with van der Waals surface area (Å²) < 4.78 is 24.1. The highest BCUT2D eigenvalue weighted by Gasteiger charge is 2.56. The fourth-order valence-electron chi connectivity index (χ4n) is 2.92. The van der Waals surface area contributed by atoms with Gasteiger partial charge in [-0.3, -0.25) is 4.57 Å². The fraction of sp³-hybridized carbons (Fsp3) is 0.562. The number of ether oxygens (including phenoxy) is 4. The summed E-state index contributed by atoms with van der Waals surface area (Å²) in [5, 5.41) is 0. The summed E-state index contributed by atoms with van der Waals surface area (Å²) >= 11 is 0. The smallest absolute Gasteiger partial charge is 0.351 e. The number of nitrogens with two attached hydrogens (primary N) is 1. The molecular formula is C16H21N3O6. The zero-order chi connectivity index (χ0) is 18.4. The van der Waals surface area contributed by atoms with Gasteiger partial charge in [-0.25, -0.2) is 9.59 Å². The van der Waals surface area contributed by atoms with Gasteiger partial charge in [0.1, 0.15) is 30.7 Å². The lowest BCUT2D eigenvalue weighted by Gasteiger charge is -2.24. The van der Waals surface area contributed by atoms with Gasteiger partial charge in [0.05, 0.1) is 0 Å². The number of hydrogen-bond donors (Lipinski definition) is 1. The van der Waals surface area contributed by atoms with Crippen LogP contribution >= 0.6 is 0 Å².